The number of hydrogen-bond donors (Lipinski definition) is 0. The quantitative estimate of drug-likeness (QED) is 0.687. The van der Waals surface area contributed by atoms with E-state index in [1.807, 2.05) is 25.3 Å². The Kier molecular flexibility index (Phi) is 3.89. The second-order valence-corrected chi connectivity index (χ2v) is 6.09. The van der Waals surface area contributed by atoms with Crippen molar-refractivity contribution in [2.24, 2.45) is 0 Å². The lowest BCUT2D eigenvalue weighted by Gasteiger charge is -2.03. The Hall–Kier alpha value is -1.93. The van der Waals surface area contributed by atoms with Crippen molar-refractivity contribution in [1.29, 1.82) is 0 Å². The van der Waals surface area contributed by atoms with Crippen LogP contribution in [0.3, 0.4) is 0 Å². The summed E-state index contributed by atoms with van der Waals surface area (Å²) < 4.78 is 7.47. The van der Waals surface area contributed by atoms with Crippen LogP contribution in [-0.2, 0) is 0 Å². The van der Waals surface area contributed by atoms with Crippen molar-refractivity contribution in [1.82, 2.24) is 19.8 Å². The summed E-state index contributed by atoms with van der Waals surface area (Å²) in [5.41, 5.74) is 0.721. The first kappa shape index (κ1) is 14.0. The number of hydrogen-bond acceptors (Lipinski definition) is 7. The number of nitrogens with zero attached hydrogens (tertiary/aromatic N) is 4. The highest BCUT2D eigenvalue weighted by atomic mass is 32.2. The maximum Gasteiger partial charge on any atom is 0.302 e. The molecule has 0 atom stereocenters. The molecule has 0 unspecified atom stereocenters. The molecule has 0 fully saturated rings. The summed E-state index contributed by atoms with van der Waals surface area (Å²) in [6.07, 6.45) is 1.91. The summed E-state index contributed by atoms with van der Waals surface area (Å²) in [5.74, 6) is 0.758. The SMILES string of the molecule is CCOc1ccc(-c2nnc3sc(SC)nn3c2=O)cc1. The Labute approximate surface area is 128 Å². The van der Waals surface area contributed by atoms with Gasteiger partial charge in [0.05, 0.1) is 6.61 Å². The standard InChI is InChI=1S/C13H12N4O2S2/c1-3-19-9-6-4-8(5-7-9)10-11(18)17-12(15-14-10)21-13(16-17)20-2/h4-7H,3H2,1-2H3. The largest absolute Gasteiger partial charge is 0.494 e. The van der Waals surface area contributed by atoms with Gasteiger partial charge in [-0.1, -0.05) is 23.1 Å². The topological polar surface area (TPSA) is 69.4 Å². The first-order valence-electron chi connectivity index (χ1n) is 6.26. The number of rotatable bonds is 4. The van der Waals surface area contributed by atoms with E-state index in [0.29, 0.717) is 17.1 Å². The molecular weight excluding hydrogens is 308 g/mol. The van der Waals surface area contributed by atoms with Gasteiger partial charge in [0.15, 0.2) is 10.0 Å². The van der Waals surface area contributed by atoms with Gasteiger partial charge in [0.25, 0.3) is 0 Å². The first-order valence-corrected chi connectivity index (χ1v) is 8.31. The van der Waals surface area contributed by atoms with Crippen molar-refractivity contribution in [2.45, 2.75) is 11.3 Å². The van der Waals surface area contributed by atoms with Gasteiger partial charge in [-0.05, 0) is 37.4 Å². The van der Waals surface area contributed by atoms with Crippen molar-refractivity contribution in [3.8, 4) is 17.0 Å². The summed E-state index contributed by atoms with van der Waals surface area (Å²) in [6, 6.07) is 7.21. The fourth-order valence-electron chi connectivity index (χ4n) is 1.84. The Morgan fingerprint density at radius 3 is 2.71 bits per heavy atom. The van der Waals surface area contributed by atoms with Gasteiger partial charge in [-0.25, -0.2) is 0 Å². The van der Waals surface area contributed by atoms with Crippen LogP contribution in [0.1, 0.15) is 6.92 Å². The molecule has 0 aliphatic rings. The highest BCUT2D eigenvalue weighted by molar-refractivity contribution is 8.00. The van der Waals surface area contributed by atoms with E-state index in [2.05, 4.69) is 15.3 Å². The minimum atomic E-state index is -0.263. The lowest BCUT2D eigenvalue weighted by molar-refractivity contribution is 0.340. The molecule has 2 heterocycles. The maximum atomic E-state index is 12.4. The van der Waals surface area contributed by atoms with Gasteiger partial charge < -0.3 is 4.74 Å². The van der Waals surface area contributed by atoms with E-state index in [0.717, 1.165) is 10.1 Å². The summed E-state index contributed by atoms with van der Waals surface area (Å²) in [7, 11) is 0. The van der Waals surface area contributed by atoms with Gasteiger partial charge in [-0.15, -0.1) is 15.3 Å². The van der Waals surface area contributed by atoms with Crippen LogP contribution in [0.25, 0.3) is 16.2 Å². The van der Waals surface area contributed by atoms with Crippen LogP contribution in [0.5, 0.6) is 5.75 Å². The molecule has 0 saturated carbocycles. The predicted molar refractivity (Wildman–Crippen MR) is 83.3 cm³/mol. The van der Waals surface area contributed by atoms with Gasteiger partial charge in [0, 0.05) is 5.56 Å². The molecule has 108 valence electrons. The van der Waals surface area contributed by atoms with Gasteiger partial charge in [0.1, 0.15) is 5.75 Å². The second kappa shape index (κ2) is 5.82. The Bertz CT molecular complexity index is 826. The molecule has 6 nitrogen and oxygen atoms in total. The van der Waals surface area contributed by atoms with Crippen molar-refractivity contribution >= 4 is 28.1 Å². The van der Waals surface area contributed by atoms with Gasteiger partial charge in [-0.3, -0.25) is 4.79 Å². The molecule has 2 aromatic heterocycles. The van der Waals surface area contributed by atoms with Gasteiger partial charge in [-0.2, -0.15) is 4.52 Å². The average molecular weight is 320 g/mol. The zero-order valence-corrected chi connectivity index (χ0v) is 13.1. The Balaban J connectivity index is 2.07. The Morgan fingerprint density at radius 2 is 2.05 bits per heavy atom. The number of fused-ring (bicyclic) bond motifs is 1. The summed E-state index contributed by atoms with van der Waals surface area (Å²) in [6.45, 7) is 2.52. The molecule has 0 radical (unpaired) electrons. The van der Waals surface area contributed by atoms with Gasteiger partial charge >= 0.3 is 5.56 Å². The fraction of sp³-hybridized carbons (Fsp3) is 0.231. The molecule has 1 aromatic carbocycles. The van der Waals surface area contributed by atoms with Crippen LogP contribution in [0, 0.1) is 0 Å². The summed E-state index contributed by atoms with van der Waals surface area (Å²) >= 11 is 2.82. The van der Waals surface area contributed by atoms with Gasteiger partial charge in [0.2, 0.25) is 4.96 Å². The zero-order chi connectivity index (χ0) is 14.8. The van der Waals surface area contributed by atoms with Crippen LogP contribution < -0.4 is 10.3 Å². The van der Waals surface area contributed by atoms with Crippen molar-refractivity contribution in [3.05, 3.63) is 34.6 Å². The minimum absolute atomic E-state index is 0.263. The van der Waals surface area contributed by atoms with Crippen LogP contribution in [0.4, 0.5) is 0 Å². The maximum absolute atomic E-state index is 12.4. The minimum Gasteiger partial charge on any atom is -0.494 e. The van der Waals surface area contributed by atoms with E-state index in [1.54, 1.807) is 12.1 Å². The molecule has 21 heavy (non-hydrogen) atoms. The molecule has 3 rings (SSSR count). The molecule has 0 aliphatic carbocycles. The summed E-state index contributed by atoms with van der Waals surface area (Å²) in [4.78, 5) is 12.9. The Morgan fingerprint density at radius 1 is 1.29 bits per heavy atom. The fourth-order valence-corrected chi connectivity index (χ4v) is 3.13. The third-order valence-corrected chi connectivity index (χ3v) is 4.66. The van der Waals surface area contributed by atoms with E-state index in [-0.39, 0.29) is 11.3 Å². The number of ether oxygens (including phenoxy) is 1. The molecule has 8 heteroatoms. The first-order chi connectivity index (χ1) is 10.2. The molecule has 0 amide bonds. The molecule has 0 saturated heterocycles. The van der Waals surface area contributed by atoms with E-state index < -0.39 is 0 Å². The third kappa shape index (κ3) is 2.64. The number of benzene rings is 1. The average Bonchev–Trinajstić information content (AvgIpc) is 2.93. The second-order valence-electron chi connectivity index (χ2n) is 4.08. The van der Waals surface area contributed by atoms with E-state index in [4.69, 9.17) is 4.74 Å². The van der Waals surface area contributed by atoms with Crippen LogP contribution in [-0.4, -0.2) is 32.7 Å². The van der Waals surface area contributed by atoms with E-state index in [1.165, 1.54) is 27.6 Å². The van der Waals surface area contributed by atoms with Crippen molar-refractivity contribution < 1.29 is 4.74 Å². The smallest absolute Gasteiger partial charge is 0.302 e. The van der Waals surface area contributed by atoms with E-state index >= 15 is 0 Å². The summed E-state index contributed by atoms with van der Waals surface area (Å²) in [5, 5.41) is 12.3. The highest BCUT2D eigenvalue weighted by Gasteiger charge is 2.13. The molecule has 0 N–H and O–H groups in total. The monoisotopic (exact) mass is 320 g/mol. The predicted octanol–water partition coefficient (Wildman–Crippen LogP) is 2.33. The number of aromatic nitrogens is 4. The molecule has 3 aromatic rings. The zero-order valence-electron chi connectivity index (χ0n) is 11.4. The normalized spacial score (nSPS) is 11.0. The van der Waals surface area contributed by atoms with Crippen molar-refractivity contribution in [2.75, 3.05) is 12.9 Å². The van der Waals surface area contributed by atoms with Crippen LogP contribution >= 0.6 is 23.1 Å². The molecule has 0 aliphatic heterocycles. The third-order valence-electron chi connectivity index (χ3n) is 2.79. The number of thioether (sulfide) groups is 1. The molecular formula is C13H12N4O2S2. The van der Waals surface area contributed by atoms with Crippen LogP contribution in [0.2, 0.25) is 0 Å². The van der Waals surface area contributed by atoms with Crippen LogP contribution in [0.15, 0.2) is 33.4 Å². The lowest BCUT2D eigenvalue weighted by Crippen LogP contribution is -2.19. The highest BCUT2D eigenvalue weighted by Crippen LogP contribution is 2.22. The molecule has 0 spiro atoms. The van der Waals surface area contributed by atoms with E-state index in [9.17, 15) is 4.79 Å². The molecule has 0 bridgehead atoms. The lowest BCUT2D eigenvalue weighted by atomic mass is 10.1. The van der Waals surface area contributed by atoms with Crippen molar-refractivity contribution in [3.63, 3.8) is 0 Å².